The highest BCUT2D eigenvalue weighted by Gasteiger charge is 2.44. The molecular formula is C21H34O3S. The van der Waals surface area contributed by atoms with E-state index in [-0.39, 0.29) is 12.5 Å². The highest BCUT2D eigenvalue weighted by molar-refractivity contribution is 8.01. The molecule has 3 nitrogen and oxygen atoms in total. The Bertz CT molecular complexity index is 454. The summed E-state index contributed by atoms with van der Waals surface area (Å²) in [4.78, 5) is 10.5. The minimum absolute atomic E-state index is 0.259. The molecule has 142 valence electrons. The first kappa shape index (κ1) is 20.6. The fraction of sp³-hybridized carbons (Fsp3) is 0.762. The number of rotatable bonds is 12. The highest BCUT2D eigenvalue weighted by Crippen LogP contribution is 2.54. The van der Waals surface area contributed by atoms with Crippen LogP contribution in [0.2, 0.25) is 0 Å². The number of thioether (sulfide) groups is 1. The number of aliphatic carboxylic acids is 1. The molecular weight excluding hydrogens is 332 g/mol. The second-order valence-corrected chi connectivity index (χ2v) is 9.08. The van der Waals surface area contributed by atoms with E-state index < -0.39 is 5.97 Å². The average Bonchev–Trinajstić information content (AvgIpc) is 2.55. The van der Waals surface area contributed by atoms with Crippen LogP contribution in [-0.2, 0) is 4.79 Å². The third kappa shape index (κ3) is 7.18. The fourth-order valence-electron chi connectivity index (χ4n) is 3.94. The van der Waals surface area contributed by atoms with Crippen LogP contribution in [0.25, 0.3) is 0 Å². The van der Waals surface area contributed by atoms with Crippen molar-refractivity contribution in [3.05, 3.63) is 24.3 Å². The van der Waals surface area contributed by atoms with E-state index in [1.54, 1.807) is 0 Å². The second-order valence-electron chi connectivity index (χ2n) is 7.54. The zero-order valence-corrected chi connectivity index (χ0v) is 16.3. The molecule has 2 bridgehead atoms. The number of aliphatic hydroxyl groups is 1. The Kier molecular flexibility index (Phi) is 9.11. The van der Waals surface area contributed by atoms with Gasteiger partial charge in [0.25, 0.3) is 0 Å². The first-order valence-electron chi connectivity index (χ1n) is 9.98. The third-order valence-electron chi connectivity index (χ3n) is 5.45. The van der Waals surface area contributed by atoms with Gasteiger partial charge in [0.2, 0.25) is 0 Å². The van der Waals surface area contributed by atoms with Gasteiger partial charge in [0, 0.05) is 16.9 Å². The molecule has 2 saturated heterocycles. The van der Waals surface area contributed by atoms with Crippen molar-refractivity contribution in [3.63, 3.8) is 0 Å². The van der Waals surface area contributed by atoms with Crippen LogP contribution < -0.4 is 0 Å². The molecule has 0 radical (unpaired) electrons. The first-order chi connectivity index (χ1) is 12.1. The molecule has 3 fully saturated rings. The summed E-state index contributed by atoms with van der Waals surface area (Å²) in [5.74, 6) is 0.555. The van der Waals surface area contributed by atoms with Gasteiger partial charge in [-0.1, -0.05) is 50.5 Å². The largest absolute Gasteiger partial charge is 0.481 e. The van der Waals surface area contributed by atoms with Crippen LogP contribution in [0.4, 0.5) is 0 Å². The lowest BCUT2D eigenvalue weighted by atomic mass is 9.75. The maximum atomic E-state index is 10.5. The molecule has 1 saturated carbocycles. The summed E-state index contributed by atoms with van der Waals surface area (Å²) in [7, 11) is 0. The number of carbonyl (C=O) groups is 1. The Morgan fingerprint density at radius 1 is 1.24 bits per heavy atom. The predicted octanol–water partition coefficient (Wildman–Crippen LogP) is 5.20. The van der Waals surface area contributed by atoms with Crippen molar-refractivity contribution in [1.29, 1.82) is 0 Å². The summed E-state index contributed by atoms with van der Waals surface area (Å²) in [5, 5.41) is 20.4. The van der Waals surface area contributed by atoms with E-state index in [1.165, 1.54) is 25.7 Å². The molecule has 0 aromatic heterocycles. The van der Waals surface area contributed by atoms with E-state index in [2.05, 4.69) is 36.9 Å². The molecule has 2 aliphatic heterocycles. The van der Waals surface area contributed by atoms with Crippen molar-refractivity contribution in [1.82, 2.24) is 0 Å². The predicted molar refractivity (Wildman–Crippen MR) is 106 cm³/mol. The molecule has 3 aliphatic rings. The Morgan fingerprint density at radius 2 is 2.04 bits per heavy atom. The lowest BCUT2D eigenvalue weighted by molar-refractivity contribution is -0.137. The molecule has 2 N–H and O–H groups in total. The lowest BCUT2D eigenvalue weighted by Gasteiger charge is -2.49. The third-order valence-corrected chi connectivity index (χ3v) is 7.11. The molecule has 4 heteroatoms. The van der Waals surface area contributed by atoms with Gasteiger partial charge >= 0.3 is 5.97 Å². The van der Waals surface area contributed by atoms with E-state index in [0.29, 0.717) is 11.8 Å². The number of hydrogen-bond donors (Lipinski definition) is 2. The summed E-state index contributed by atoms with van der Waals surface area (Å²) in [6.07, 6.45) is 18.4. The van der Waals surface area contributed by atoms with Gasteiger partial charge in [-0.05, 0) is 50.4 Å². The SMILES string of the molecule is CCCCC[C@@H](O)/C=C/C1C[C@H]2C[C@H](S2)[C@@H]1C/C=C\CCCC(=O)O. The van der Waals surface area contributed by atoms with Crippen molar-refractivity contribution in [3.8, 4) is 0 Å². The summed E-state index contributed by atoms with van der Waals surface area (Å²) in [6, 6.07) is 0. The van der Waals surface area contributed by atoms with Crippen molar-refractivity contribution in [2.45, 2.75) is 87.7 Å². The highest BCUT2D eigenvalue weighted by atomic mass is 32.2. The molecule has 0 aromatic rings. The van der Waals surface area contributed by atoms with Crippen LogP contribution in [0.5, 0.6) is 0 Å². The number of allylic oxidation sites excluding steroid dienone is 3. The number of carboxylic acid groups (broad SMARTS) is 1. The maximum Gasteiger partial charge on any atom is 0.303 e. The minimum atomic E-state index is -0.708. The number of carboxylic acids is 1. The summed E-state index contributed by atoms with van der Waals surface area (Å²) < 4.78 is 0. The second kappa shape index (κ2) is 11.1. The topological polar surface area (TPSA) is 57.5 Å². The minimum Gasteiger partial charge on any atom is -0.481 e. The zero-order chi connectivity index (χ0) is 18.1. The number of hydrogen-bond acceptors (Lipinski definition) is 3. The van der Waals surface area contributed by atoms with E-state index in [9.17, 15) is 9.90 Å². The van der Waals surface area contributed by atoms with Gasteiger partial charge in [-0.3, -0.25) is 4.79 Å². The van der Waals surface area contributed by atoms with Crippen LogP contribution in [-0.4, -0.2) is 32.8 Å². The molecule has 5 atom stereocenters. The molecule has 1 aliphatic carbocycles. The maximum absolute atomic E-state index is 10.5. The van der Waals surface area contributed by atoms with Gasteiger partial charge in [-0.25, -0.2) is 0 Å². The molecule has 1 unspecified atom stereocenters. The van der Waals surface area contributed by atoms with Crippen LogP contribution in [0.1, 0.15) is 71.1 Å². The molecule has 0 amide bonds. The van der Waals surface area contributed by atoms with Crippen molar-refractivity contribution in [2.75, 3.05) is 0 Å². The zero-order valence-electron chi connectivity index (χ0n) is 15.5. The fourth-order valence-corrected chi connectivity index (χ4v) is 5.58. The van der Waals surface area contributed by atoms with Gasteiger partial charge in [0.15, 0.2) is 0 Å². The van der Waals surface area contributed by atoms with Crippen molar-refractivity contribution < 1.29 is 15.0 Å². The Balaban J connectivity index is 1.76. The quantitative estimate of drug-likeness (QED) is 0.368. The van der Waals surface area contributed by atoms with Gasteiger partial charge in [0.05, 0.1) is 6.10 Å². The lowest BCUT2D eigenvalue weighted by Crippen LogP contribution is -2.44. The van der Waals surface area contributed by atoms with Crippen molar-refractivity contribution in [2.24, 2.45) is 11.8 Å². The van der Waals surface area contributed by atoms with Crippen LogP contribution in [0.15, 0.2) is 24.3 Å². The molecule has 3 rings (SSSR count). The van der Waals surface area contributed by atoms with Gasteiger partial charge in [-0.15, -0.1) is 0 Å². The number of unbranched alkanes of at least 4 members (excludes halogenated alkanes) is 3. The summed E-state index contributed by atoms with van der Waals surface area (Å²) in [5.41, 5.74) is 0. The van der Waals surface area contributed by atoms with E-state index in [4.69, 9.17) is 5.11 Å². The Morgan fingerprint density at radius 3 is 2.76 bits per heavy atom. The van der Waals surface area contributed by atoms with Gasteiger partial charge in [0.1, 0.15) is 0 Å². The molecule has 0 aromatic carbocycles. The summed E-state index contributed by atoms with van der Waals surface area (Å²) >= 11 is 2.14. The van der Waals surface area contributed by atoms with Crippen molar-refractivity contribution >= 4 is 17.7 Å². The molecule has 2 heterocycles. The normalized spacial score (nSPS) is 29.8. The Labute approximate surface area is 157 Å². The molecule has 25 heavy (non-hydrogen) atoms. The van der Waals surface area contributed by atoms with E-state index in [0.717, 1.165) is 42.6 Å². The Hall–Kier alpha value is -0.740. The number of aliphatic hydroxyl groups excluding tert-OH is 1. The van der Waals surface area contributed by atoms with Crippen LogP contribution in [0, 0.1) is 11.8 Å². The molecule has 0 spiro atoms. The average molecular weight is 367 g/mol. The van der Waals surface area contributed by atoms with Crippen LogP contribution in [0.3, 0.4) is 0 Å². The van der Waals surface area contributed by atoms with Gasteiger partial charge < -0.3 is 10.2 Å². The summed E-state index contributed by atoms with van der Waals surface area (Å²) in [6.45, 7) is 2.19. The van der Waals surface area contributed by atoms with Gasteiger partial charge in [-0.2, -0.15) is 11.8 Å². The van der Waals surface area contributed by atoms with E-state index in [1.807, 2.05) is 6.08 Å². The van der Waals surface area contributed by atoms with Crippen LogP contribution >= 0.6 is 11.8 Å². The first-order valence-corrected chi connectivity index (χ1v) is 10.9. The van der Waals surface area contributed by atoms with E-state index >= 15 is 0 Å². The standard InChI is InChI=1S/C21H34O3S/c1-2-3-6-9-17(22)13-12-16-14-18-15-20(25-18)19(16)10-7-4-5-8-11-21(23)24/h4,7,12-13,16-20,22H,2-3,5-6,8-11,14-15H2,1H3,(H,23,24)/b7-4-,13-12+/t16?,17-,18+,19-,20+/m1/s1. The number of fused-ring (bicyclic) bond motifs is 2. The smallest absolute Gasteiger partial charge is 0.303 e. The monoisotopic (exact) mass is 366 g/mol.